The van der Waals surface area contributed by atoms with Gasteiger partial charge in [-0.25, -0.2) is 0 Å². The minimum absolute atomic E-state index is 0.0845. The van der Waals surface area contributed by atoms with E-state index in [0.717, 1.165) is 52.1 Å². The number of amides is 1. The van der Waals surface area contributed by atoms with Crippen molar-refractivity contribution in [2.75, 3.05) is 32.8 Å². The van der Waals surface area contributed by atoms with E-state index in [2.05, 4.69) is 10.2 Å². The van der Waals surface area contributed by atoms with Gasteiger partial charge in [0, 0.05) is 25.1 Å². The Morgan fingerprint density at radius 1 is 1.35 bits per heavy atom. The Hall–Kier alpha value is -0.610. The van der Waals surface area contributed by atoms with Gasteiger partial charge < -0.3 is 15.0 Å². The molecular formula is C13H22N2O2. The van der Waals surface area contributed by atoms with Gasteiger partial charge >= 0.3 is 0 Å². The van der Waals surface area contributed by atoms with E-state index in [9.17, 15) is 4.79 Å². The summed E-state index contributed by atoms with van der Waals surface area (Å²) in [6.45, 7) is 4.58. The van der Waals surface area contributed by atoms with Crippen LogP contribution in [0.25, 0.3) is 0 Å². The Kier molecular flexibility index (Phi) is 3.09. The molecule has 2 unspecified atom stereocenters. The first-order valence-corrected chi connectivity index (χ1v) is 6.89. The number of likely N-dealkylation sites (tertiary alicyclic amines) is 1. The molecule has 3 heterocycles. The van der Waals surface area contributed by atoms with E-state index in [4.69, 9.17) is 4.74 Å². The number of ether oxygens (including phenoxy) is 1. The Morgan fingerprint density at radius 2 is 2.29 bits per heavy atom. The summed E-state index contributed by atoms with van der Waals surface area (Å²) in [6, 6.07) is 0.0845. The average Bonchev–Trinajstić information content (AvgIpc) is 3.01. The molecule has 4 heteroatoms. The predicted molar refractivity (Wildman–Crippen MR) is 64.7 cm³/mol. The number of carbonyl (C=O) groups excluding carboxylic acids is 1. The van der Waals surface area contributed by atoms with Crippen molar-refractivity contribution in [2.45, 2.75) is 38.1 Å². The molecule has 3 saturated heterocycles. The zero-order valence-electron chi connectivity index (χ0n) is 10.4. The van der Waals surface area contributed by atoms with Crippen LogP contribution in [0.1, 0.15) is 32.1 Å². The molecule has 1 amide bonds. The van der Waals surface area contributed by atoms with Crippen LogP contribution in [0.2, 0.25) is 0 Å². The molecule has 0 bridgehead atoms. The van der Waals surface area contributed by atoms with Gasteiger partial charge in [0.15, 0.2) is 0 Å². The van der Waals surface area contributed by atoms with Gasteiger partial charge in [-0.3, -0.25) is 4.79 Å². The standard InChI is InChI=1S/C13H22N2O2/c16-12(11-3-1-2-6-14-11)15-7-4-13(9-15)5-8-17-10-13/h11,14H,1-10H2. The summed E-state index contributed by atoms with van der Waals surface area (Å²) in [5, 5.41) is 3.35. The van der Waals surface area contributed by atoms with Crippen LogP contribution in [0, 0.1) is 5.41 Å². The van der Waals surface area contributed by atoms with Crippen molar-refractivity contribution < 1.29 is 9.53 Å². The molecule has 0 aliphatic carbocycles. The maximum absolute atomic E-state index is 12.4. The van der Waals surface area contributed by atoms with Crippen molar-refractivity contribution >= 4 is 5.91 Å². The van der Waals surface area contributed by atoms with Crippen LogP contribution < -0.4 is 5.32 Å². The van der Waals surface area contributed by atoms with Gasteiger partial charge in [-0.15, -0.1) is 0 Å². The first kappa shape index (κ1) is 11.5. The molecule has 1 N–H and O–H groups in total. The highest BCUT2D eigenvalue weighted by atomic mass is 16.5. The van der Waals surface area contributed by atoms with Gasteiger partial charge in [-0.1, -0.05) is 6.42 Å². The topological polar surface area (TPSA) is 41.6 Å². The second-order valence-electron chi connectivity index (χ2n) is 5.81. The van der Waals surface area contributed by atoms with Crippen LogP contribution in [-0.4, -0.2) is 49.7 Å². The van der Waals surface area contributed by atoms with Gasteiger partial charge in [0.05, 0.1) is 12.6 Å². The van der Waals surface area contributed by atoms with Crippen LogP contribution in [0.4, 0.5) is 0 Å². The summed E-state index contributed by atoms with van der Waals surface area (Å²) < 4.78 is 5.50. The third-order valence-corrected chi connectivity index (χ3v) is 4.54. The summed E-state index contributed by atoms with van der Waals surface area (Å²) in [5.74, 6) is 0.327. The highest BCUT2D eigenvalue weighted by molar-refractivity contribution is 5.82. The lowest BCUT2D eigenvalue weighted by Gasteiger charge is -2.28. The van der Waals surface area contributed by atoms with Crippen LogP contribution in [0.5, 0.6) is 0 Å². The lowest BCUT2D eigenvalue weighted by molar-refractivity contribution is -0.133. The van der Waals surface area contributed by atoms with Crippen LogP contribution >= 0.6 is 0 Å². The van der Waals surface area contributed by atoms with Gasteiger partial charge in [-0.2, -0.15) is 0 Å². The van der Waals surface area contributed by atoms with E-state index in [-0.39, 0.29) is 6.04 Å². The molecule has 3 aliphatic heterocycles. The molecular weight excluding hydrogens is 216 g/mol. The van der Waals surface area contributed by atoms with Crippen molar-refractivity contribution in [3.63, 3.8) is 0 Å². The van der Waals surface area contributed by atoms with Crippen molar-refractivity contribution in [1.82, 2.24) is 10.2 Å². The van der Waals surface area contributed by atoms with Crippen LogP contribution in [0.3, 0.4) is 0 Å². The summed E-state index contributed by atoms with van der Waals surface area (Å²) >= 11 is 0. The average molecular weight is 238 g/mol. The summed E-state index contributed by atoms with van der Waals surface area (Å²) in [4.78, 5) is 14.4. The first-order chi connectivity index (χ1) is 8.29. The lowest BCUT2D eigenvalue weighted by atomic mass is 9.87. The van der Waals surface area contributed by atoms with E-state index < -0.39 is 0 Å². The number of hydrogen-bond acceptors (Lipinski definition) is 3. The van der Waals surface area contributed by atoms with Gasteiger partial charge in [0.1, 0.15) is 0 Å². The molecule has 4 nitrogen and oxygen atoms in total. The van der Waals surface area contributed by atoms with Gasteiger partial charge in [-0.05, 0) is 32.2 Å². The maximum atomic E-state index is 12.4. The number of hydrogen-bond donors (Lipinski definition) is 1. The van der Waals surface area contributed by atoms with Gasteiger partial charge in [0.25, 0.3) is 0 Å². The number of rotatable bonds is 1. The van der Waals surface area contributed by atoms with Crippen molar-refractivity contribution in [1.29, 1.82) is 0 Å². The fourth-order valence-electron chi connectivity index (χ4n) is 3.38. The highest BCUT2D eigenvalue weighted by Crippen LogP contribution is 2.38. The van der Waals surface area contributed by atoms with Crippen LogP contribution in [0.15, 0.2) is 0 Å². The van der Waals surface area contributed by atoms with Crippen molar-refractivity contribution in [3.8, 4) is 0 Å². The minimum Gasteiger partial charge on any atom is -0.381 e. The Labute approximate surface area is 103 Å². The number of piperidine rings is 1. The number of nitrogens with one attached hydrogen (secondary N) is 1. The smallest absolute Gasteiger partial charge is 0.239 e. The molecule has 0 aromatic heterocycles. The zero-order chi connectivity index (χ0) is 11.7. The minimum atomic E-state index is 0.0845. The highest BCUT2D eigenvalue weighted by Gasteiger charge is 2.43. The largest absolute Gasteiger partial charge is 0.381 e. The third kappa shape index (κ3) is 2.20. The maximum Gasteiger partial charge on any atom is 0.239 e. The normalized spacial score (nSPS) is 37.9. The predicted octanol–water partition coefficient (Wildman–Crippen LogP) is 0.767. The zero-order valence-corrected chi connectivity index (χ0v) is 10.4. The summed E-state index contributed by atoms with van der Waals surface area (Å²) in [5.41, 5.74) is 0.296. The van der Waals surface area contributed by atoms with E-state index in [1.807, 2.05) is 0 Å². The quantitative estimate of drug-likeness (QED) is 0.733. The molecule has 1 spiro atoms. The molecule has 96 valence electrons. The molecule has 0 aromatic carbocycles. The lowest BCUT2D eigenvalue weighted by Crippen LogP contribution is -2.48. The number of nitrogens with zero attached hydrogens (tertiary/aromatic N) is 1. The molecule has 3 aliphatic rings. The fourth-order valence-corrected chi connectivity index (χ4v) is 3.38. The molecule has 2 atom stereocenters. The molecule has 3 fully saturated rings. The van der Waals surface area contributed by atoms with E-state index in [0.29, 0.717) is 11.3 Å². The Morgan fingerprint density at radius 3 is 3.00 bits per heavy atom. The van der Waals surface area contributed by atoms with Crippen LogP contribution in [-0.2, 0) is 9.53 Å². The van der Waals surface area contributed by atoms with Gasteiger partial charge in [0.2, 0.25) is 5.91 Å². The third-order valence-electron chi connectivity index (χ3n) is 4.54. The SMILES string of the molecule is O=C(C1CCCCN1)N1CCC2(CCOC2)C1. The monoisotopic (exact) mass is 238 g/mol. The Balaban J connectivity index is 1.59. The van der Waals surface area contributed by atoms with E-state index in [1.165, 1.54) is 12.8 Å². The molecule has 0 saturated carbocycles. The van der Waals surface area contributed by atoms with Crippen molar-refractivity contribution in [2.24, 2.45) is 5.41 Å². The first-order valence-electron chi connectivity index (χ1n) is 6.89. The second-order valence-corrected chi connectivity index (χ2v) is 5.81. The van der Waals surface area contributed by atoms with E-state index >= 15 is 0 Å². The van der Waals surface area contributed by atoms with Crippen molar-refractivity contribution in [3.05, 3.63) is 0 Å². The second kappa shape index (κ2) is 4.58. The van der Waals surface area contributed by atoms with E-state index in [1.54, 1.807) is 0 Å². The number of carbonyl (C=O) groups is 1. The molecule has 3 rings (SSSR count). The fraction of sp³-hybridized carbons (Fsp3) is 0.923. The molecule has 0 radical (unpaired) electrons. The summed E-state index contributed by atoms with van der Waals surface area (Å²) in [6.07, 6.45) is 5.67. The Bertz CT molecular complexity index is 294. The molecule has 17 heavy (non-hydrogen) atoms. The summed E-state index contributed by atoms with van der Waals surface area (Å²) in [7, 11) is 0. The molecule has 0 aromatic rings.